The minimum Gasteiger partial charge on any atom is -0.360 e. The number of fused-ring (bicyclic) bond motifs is 1. The maximum Gasteiger partial charge on any atom is 0.262 e. The number of amidine groups is 1. The third-order valence-corrected chi connectivity index (χ3v) is 3.98. The molecular weight excluding hydrogens is 310 g/mol. The summed E-state index contributed by atoms with van der Waals surface area (Å²) < 4.78 is 0. The lowest BCUT2D eigenvalue weighted by Gasteiger charge is -2.05. The molecular formula is C14H14ClN3O2S. The number of pyridine rings is 1. The Morgan fingerprint density at radius 2 is 2.24 bits per heavy atom. The maximum absolute atomic E-state index is 12.4. The number of carbonyl (C=O) groups is 1. The SMILES string of the molecule is Cc1ccc2[nH]cc(C(=O)NC3=NCCS3)c(=O)c2c1.Cl. The average molecular weight is 324 g/mol. The lowest BCUT2D eigenvalue weighted by atomic mass is 10.1. The van der Waals surface area contributed by atoms with Crippen molar-refractivity contribution >= 4 is 46.1 Å². The second-order valence-corrected chi connectivity index (χ2v) is 5.65. The molecule has 0 saturated carbocycles. The summed E-state index contributed by atoms with van der Waals surface area (Å²) in [6, 6.07) is 5.54. The predicted molar refractivity (Wildman–Crippen MR) is 88.8 cm³/mol. The molecule has 3 rings (SSSR count). The van der Waals surface area contributed by atoms with E-state index in [0.717, 1.165) is 16.8 Å². The first kappa shape index (κ1) is 15.6. The molecule has 2 heterocycles. The Morgan fingerprint density at radius 1 is 1.43 bits per heavy atom. The van der Waals surface area contributed by atoms with E-state index in [2.05, 4.69) is 15.3 Å². The third-order valence-electron chi connectivity index (χ3n) is 3.09. The number of thioether (sulfide) groups is 1. The van der Waals surface area contributed by atoms with E-state index in [9.17, 15) is 9.59 Å². The van der Waals surface area contributed by atoms with E-state index in [1.165, 1.54) is 18.0 Å². The molecule has 110 valence electrons. The number of aromatic amines is 1. The fourth-order valence-corrected chi connectivity index (χ4v) is 2.80. The molecule has 7 heteroatoms. The Labute approximate surface area is 131 Å². The van der Waals surface area contributed by atoms with Gasteiger partial charge in [0.05, 0.1) is 6.54 Å². The second-order valence-electron chi connectivity index (χ2n) is 4.57. The molecule has 1 amide bonds. The molecule has 2 aromatic rings. The molecule has 21 heavy (non-hydrogen) atoms. The second kappa shape index (κ2) is 6.32. The first-order chi connectivity index (χ1) is 9.65. The quantitative estimate of drug-likeness (QED) is 0.844. The lowest BCUT2D eigenvalue weighted by molar-refractivity contribution is 0.0977. The average Bonchev–Trinajstić information content (AvgIpc) is 2.92. The normalized spacial score (nSPS) is 13.7. The molecule has 0 aliphatic carbocycles. The van der Waals surface area contributed by atoms with Crippen molar-refractivity contribution in [1.29, 1.82) is 0 Å². The van der Waals surface area contributed by atoms with E-state index in [-0.39, 0.29) is 23.4 Å². The number of halogens is 1. The van der Waals surface area contributed by atoms with Crippen LogP contribution in [0.25, 0.3) is 10.9 Å². The number of nitrogens with one attached hydrogen (secondary N) is 2. The summed E-state index contributed by atoms with van der Waals surface area (Å²) in [5.41, 5.74) is 1.56. The van der Waals surface area contributed by atoms with Crippen molar-refractivity contribution in [2.75, 3.05) is 12.3 Å². The number of carbonyl (C=O) groups excluding carboxylic acids is 1. The Bertz CT molecular complexity index is 785. The van der Waals surface area contributed by atoms with E-state index in [1.54, 1.807) is 6.07 Å². The zero-order valence-electron chi connectivity index (χ0n) is 11.3. The Balaban J connectivity index is 0.00000161. The number of hydrogen-bond acceptors (Lipinski definition) is 4. The lowest BCUT2D eigenvalue weighted by Crippen LogP contribution is -2.31. The van der Waals surface area contributed by atoms with E-state index in [0.29, 0.717) is 17.1 Å². The molecule has 1 aromatic carbocycles. The first-order valence-corrected chi connectivity index (χ1v) is 7.24. The maximum atomic E-state index is 12.4. The highest BCUT2D eigenvalue weighted by atomic mass is 35.5. The van der Waals surface area contributed by atoms with Gasteiger partial charge in [-0.2, -0.15) is 0 Å². The van der Waals surface area contributed by atoms with Crippen LogP contribution in [0.1, 0.15) is 15.9 Å². The molecule has 1 aliphatic rings. The van der Waals surface area contributed by atoms with Crippen molar-refractivity contribution in [1.82, 2.24) is 10.3 Å². The fraction of sp³-hybridized carbons (Fsp3) is 0.214. The number of aromatic nitrogens is 1. The van der Waals surface area contributed by atoms with Gasteiger partial charge in [0, 0.05) is 22.9 Å². The van der Waals surface area contributed by atoms with E-state index >= 15 is 0 Å². The van der Waals surface area contributed by atoms with Crippen molar-refractivity contribution in [3.8, 4) is 0 Å². The monoisotopic (exact) mass is 323 g/mol. The first-order valence-electron chi connectivity index (χ1n) is 6.26. The standard InChI is InChI=1S/C14H13N3O2S.ClH/c1-8-2-3-11-9(6-8)12(18)10(7-16-11)13(19)17-14-15-4-5-20-14;/h2-3,6-7H,4-5H2,1H3,(H,16,18)(H,15,17,19);1H. The largest absolute Gasteiger partial charge is 0.360 e. The van der Waals surface area contributed by atoms with Crippen molar-refractivity contribution in [3.05, 3.63) is 45.7 Å². The number of hydrogen-bond donors (Lipinski definition) is 2. The number of amides is 1. The van der Waals surface area contributed by atoms with Crippen LogP contribution in [0.5, 0.6) is 0 Å². The number of H-pyrrole nitrogens is 1. The van der Waals surface area contributed by atoms with Gasteiger partial charge >= 0.3 is 0 Å². The van der Waals surface area contributed by atoms with Gasteiger partial charge in [0.15, 0.2) is 5.17 Å². The molecule has 1 aromatic heterocycles. The summed E-state index contributed by atoms with van der Waals surface area (Å²) in [6.07, 6.45) is 1.45. The molecule has 0 atom stereocenters. The number of rotatable bonds is 1. The van der Waals surface area contributed by atoms with Crippen LogP contribution in [0.15, 0.2) is 34.2 Å². The molecule has 0 bridgehead atoms. The van der Waals surface area contributed by atoms with E-state index in [4.69, 9.17) is 0 Å². The zero-order valence-corrected chi connectivity index (χ0v) is 12.9. The minimum atomic E-state index is -0.414. The summed E-state index contributed by atoms with van der Waals surface area (Å²) in [4.78, 5) is 31.6. The van der Waals surface area contributed by atoms with Crippen LogP contribution in [-0.4, -0.2) is 28.4 Å². The van der Waals surface area contributed by atoms with Gasteiger partial charge in [-0.25, -0.2) is 0 Å². The highest BCUT2D eigenvalue weighted by molar-refractivity contribution is 8.14. The molecule has 0 spiro atoms. The molecule has 0 saturated heterocycles. The Kier molecular flexibility index (Phi) is 4.69. The van der Waals surface area contributed by atoms with Gasteiger partial charge < -0.3 is 10.3 Å². The van der Waals surface area contributed by atoms with Gasteiger partial charge in [-0.3, -0.25) is 14.6 Å². The van der Waals surface area contributed by atoms with Crippen molar-refractivity contribution < 1.29 is 4.79 Å². The summed E-state index contributed by atoms with van der Waals surface area (Å²) in [5, 5.41) is 3.78. The Hall–Kier alpha value is -1.79. The molecule has 5 nitrogen and oxygen atoms in total. The molecule has 2 N–H and O–H groups in total. The summed E-state index contributed by atoms with van der Waals surface area (Å²) in [5.74, 6) is 0.450. The van der Waals surface area contributed by atoms with Gasteiger partial charge in [-0.05, 0) is 19.1 Å². The Morgan fingerprint density at radius 3 is 2.95 bits per heavy atom. The number of aryl methyl sites for hydroxylation is 1. The van der Waals surface area contributed by atoms with Crippen molar-refractivity contribution in [2.45, 2.75) is 6.92 Å². The molecule has 0 unspecified atom stereocenters. The van der Waals surface area contributed by atoms with E-state index < -0.39 is 5.91 Å². The van der Waals surface area contributed by atoms with Crippen LogP contribution < -0.4 is 10.7 Å². The molecule has 0 radical (unpaired) electrons. The zero-order chi connectivity index (χ0) is 14.1. The molecule has 0 fully saturated rings. The van der Waals surface area contributed by atoms with Gasteiger partial charge in [0.25, 0.3) is 5.91 Å². The van der Waals surface area contributed by atoms with Crippen LogP contribution in [-0.2, 0) is 0 Å². The van der Waals surface area contributed by atoms with Crippen LogP contribution in [0.3, 0.4) is 0 Å². The number of aliphatic imine (C=N–C) groups is 1. The van der Waals surface area contributed by atoms with Gasteiger partial charge in [-0.15, -0.1) is 12.4 Å². The summed E-state index contributed by atoms with van der Waals surface area (Å²) in [7, 11) is 0. The third kappa shape index (κ3) is 3.11. The van der Waals surface area contributed by atoms with Gasteiger partial charge in [0.2, 0.25) is 5.43 Å². The van der Waals surface area contributed by atoms with E-state index in [1.807, 2.05) is 19.1 Å². The fourth-order valence-electron chi connectivity index (χ4n) is 2.08. The number of benzene rings is 1. The minimum absolute atomic E-state index is 0. The molecule has 1 aliphatic heterocycles. The van der Waals surface area contributed by atoms with Gasteiger partial charge in [-0.1, -0.05) is 23.4 Å². The number of nitrogens with zero attached hydrogens (tertiary/aromatic N) is 1. The highest BCUT2D eigenvalue weighted by Crippen LogP contribution is 2.12. The predicted octanol–water partition coefficient (Wildman–Crippen LogP) is 2.09. The van der Waals surface area contributed by atoms with Crippen LogP contribution >= 0.6 is 24.2 Å². The van der Waals surface area contributed by atoms with Crippen LogP contribution in [0.2, 0.25) is 0 Å². The van der Waals surface area contributed by atoms with Crippen LogP contribution in [0, 0.1) is 6.92 Å². The highest BCUT2D eigenvalue weighted by Gasteiger charge is 2.16. The van der Waals surface area contributed by atoms with Gasteiger partial charge in [0.1, 0.15) is 5.56 Å². The van der Waals surface area contributed by atoms with Crippen molar-refractivity contribution in [2.24, 2.45) is 4.99 Å². The summed E-state index contributed by atoms with van der Waals surface area (Å²) >= 11 is 1.48. The van der Waals surface area contributed by atoms with Crippen LogP contribution in [0.4, 0.5) is 0 Å². The topological polar surface area (TPSA) is 74.3 Å². The smallest absolute Gasteiger partial charge is 0.262 e. The summed E-state index contributed by atoms with van der Waals surface area (Å²) in [6.45, 7) is 2.61. The van der Waals surface area contributed by atoms with Crippen molar-refractivity contribution in [3.63, 3.8) is 0 Å².